The summed E-state index contributed by atoms with van der Waals surface area (Å²) in [6, 6.07) is 16.4. The van der Waals surface area contributed by atoms with Gasteiger partial charge in [0.05, 0.1) is 21.1 Å². The van der Waals surface area contributed by atoms with Crippen LogP contribution in [0.4, 0.5) is 0 Å². The Hall–Kier alpha value is -2.75. The van der Waals surface area contributed by atoms with E-state index in [9.17, 15) is 5.26 Å². The average molecular weight is 464 g/mol. The molecule has 0 saturated heterocycles. The molecular formula is C23H18BrN3OS. The topological polar surface area (TPSA) is 65.6 Å². The first-order chi connectivity index (χ1) is 13.9. The Morgan fingerprint density at radius 3 is 2.59 bits per heavy atom. The number of fused-ring (bicyclic) bond motifs is 1. The average Bonchev–Trinajstić information content (AvgIpc) is 3.25. The molecule has 29 heavy (non-hydrogen) atoms. The SMILES string of the molecule is Cc1ccc(Sc2oc(/C=C(/C#N)c3nc4cc(C)c(C)cc4[nH]3)cc2Br)cc1. The van der Waals surface area contributed by atoms with Crippen molar-refractivity contribution in [2.24, 2.45) is 0 Å². The number of hydrogen-bond acceptors (Lipinski definition) is 4. The molecule has 2 aromatic carbocycles. The Morgan fingerprint density at radius 2 is 1.86 bits per heavy atom. The summed E-state index contributed by atoms with van der Waals surface area (Å²) in [5.41, 5.74) is 5.76. The molecule has 4 aromatic rings. The van der Waals surface area contributed by atoms with Crippen molar-refractivity contribution in [1.29, 1.82) is 5.26 Å². The van der Waals surface area contributed by atoms with Gasteiger partial charge in [0.25, 0.3) is 0 Å². The lowest BCUT2D eigenvalue weighted by molar-refractivity contribution is 0.463. The van der Waals surface area contributed by atoms with E-state index in [0.717, 1.165) is 25.5 Å². The highest BCUT2D eigenvalue weighted by Crippen LogP contribution is 2.37. The Bertz CT molecular complexity index is 1240. The van der Waals surface area contributed by atoms with E-state index in [1.807, 2.05) is 12.1 Å². The molecule has 0 radical (unpaired) electrons. The Labute approximate surface area is 181 Å². The fraction of sp³-hybridized carbons (Fsp3) is 0.130. The number of aromatic amines is 1. The van der Waals surface area contributed by atoms with Gasteiger partial charge in [-0.1, -0.05) is 29.5 Å². The number of allylic oxidation sites excluding steroid dienone is 1. The van der Waals surface area contributed by atoms with Crippen LogP contribution in [-0.4, -0.2) is 9.97 Å². The zero-order valence-corrected chi connectivity index (χ0v) is 18.6. The molecule has 0 saturated carbocycles. The summed E-state index contributed by atoms with van der Waals surface area (Å²) in [6.45, 7) is 6.17. The van der Waals surface area contributed by atoms with E-state index in [2.05, 4.69) is 83.1 Å². The second-order valence-corrected chi connectivity index (χ2v) is 8.81. The molecule has 0 unspecified atom stereocenters. The van der Waals surface area contributed by atoms with Crippen LogP contribution in [0.15, 0.2) is 61.3 Å². The summed E-state index contributed by atoms with van der Waals surface area (Å²) in [5.74, 6) is 1.13. The van der Waals surface area contributed by atoms with Gasteiger partial charge < -0.3 is 9.40 Å². The number of halogens is 1. The molecule has 2 heterocycles. The monoisotopic (exact) mass is 463 g/mol. The van der Waals surface area contributed by atoms with Crippen LogP contribution in [0.5, 0.6) is 0 Å². The zero-order valence-electron chi connectivity index (χ0n) is 16.2. The maximum absolute atomic E-state index is 9.68. The number of rotatable bonds is 4. The van der Waals surface area contributed by atoms with Crippen molar-refractivity contribution < 1.29 is 4.42 Å². The number of benzene rings is 2. The maximum atomic E-state index is 9.68. The second kappa shape index (κ2) is 7.94. The van der Waals surface area contributed by atoms with Crippen LogP contribution < -0.4 is 0 Å². The highest BCUT2D eigenvalue weighted by Gasteiger charge is 2.13. The molecule has 6 heteroatoms. The van der Waals surface area contributed by atoms with Gasteiger partial charge in [0.15, 0.2) is 5.09 Å². The minimum absolute atomic E-state index is 0.421. The highest BCUT2D eigenvalue weighted by molar-refractivity contribution is 9.10. The molecule has 0 spiro atoms. The Balaban J connectivity index is 1.65. The summed E-state index contributed by atoms with van der Waals surface area (Å²) in [4.78, 5) is 8.91. The van der Waals surface area contributed by atoms with Crippen molar-refractivity contribution in [3.8, 4) is 6.07 Å². The lowest BCUT2D eigenvalue weighted by Gasteiger charge is -1.99. The molecule has 0 atom stereocenters. The van der Waals surface area contributed by atoms with Crippen LogP contribution in [0.25, 0.3) is 22.7 Å². The summed E-state index contributed by atoms with van der Waals surface area (Å²) in [6.07, 6.45) is 1.71. The van der Waals surface area contributed by atoms with Gasteiger partial charge in [0.1, 0.15) is 17.7 Å². The van der Waals surface area contributed by atoms with Gasteiger partial charge in [-0.15, -0.1) is 0 Å². The van der Waals surface area contributed by atoms with Crippen molar-refractivity contribution in [1.82, 2.24) is 9.97 Å². The van der Waals surface area contributed by atoms with Gasteiger partial charge in [-0.3, -0.25) is 0 Å². The molecule has 0 fully saturated rings. The largest absolute Gasteiger partial charge is 0.449 e. The Morgan fingerprint density at radius 1 is 1.14 bits per heavy atom. The van der Waals surface area contributed by atoms with Crippen molar-refractivity contribution >= 4 is 50.4 Å². The van der Waals surface area contributed by atoms with Crippen molar-refractivity contribution in [3.63, 3.8) is 0 Å². The second-order valence-electron chi connectivity index (χ2n) is 6.91. The highest BCUT2D eigenvalue weighted by atomic mass is 79.9. The summed E-state index contributed by atoms with van der Waals surface area (Å²) >= 11 is 5.08. The van der Waals surface area contributed by atoms with Crippen LogP contribution in [0.3, 0.4) is 0 Å². The first kappa shape index (κ1) is 19.6. The smallest absolute Gasteiger partial charge is 0.179 e. The number of aromatic nitrogens is 2. The lowest BCUT2D eigenvalue weighted by Crippen LogP contribution is -1.84. The molecular weight excluding hydrogens is 446 g/mol. The normalized spacial score (nSPS) is 11.8. The van der Waals surface area contributed by atoms with Crippen molar-refractivity contribution in [2.45, 2.75) is 30.8 Å². The fourth-order valence-electron chi connectivity index (χ4n) is 2.92. The van der Waals surface area contributed by atoms with E-state index < -0.39 is 0 Å². The van der Waals surface area contributed by atoms with Gasteiger partial charge in [-0.2, -0.15) is 5.26 Å². The molecule has 4 rings (SSSR count). The van der Waals surface area contributed by atoms with Crippen molar-refractivity contribution in [2.75, 3.05) is 0 Å². The molecule has 144 valence electrons. The van der Waals surface area contributed by atoms with Crippen molar-refractivity contribution in [3.05, 3.63) is 75.2 Å². The maximum Gasteiger partial charge on any atom is 0.179 e. The number of nitrogens with zero attached hydrogens (tertiary/aromatic N) is 2. The predicted molar refractivity (Wildman–Crippen MR) is 121 cm³/mol. The van der Waals surface area contributed by atoms with E-state index in [1.165, 1.54) is 28.5 Å². The van der Waals surface area contributed by atoms with E-state index in [4.69, 9.17) is 4.42 Å². The minimum Gasteiger partial charge on any atom is -0.449 e. The van der Waals surface area contributed by atoms with Gasteiger partial charge in [-0.05, 0) is 78.2 Å². The molecule has 0 amide bonds. The van der Waals surface area contributed by atoms with Crippen LogP contribution >= 0.6 is 27.7 Å². The van der Waals surface area contributed by atoms with Crippen LogP contribution in [0.2, 0.25) is 0 Å². The number of imidazole rings is 1. The van der Waals surface area contributed by atoms with Gasteiger partial charge >= 0.3 is 0 Å². The number of nitrogens with one attached hydrogen (secondary N) is 1. The molecule has 0 aliphatic carbocycles. The third kappa shape index (κ3) is 4.16. The fourth-order valence-corrected chi connectivity index (χ4v) is 4.25. The van der Waals surface area contributed by atoms with E-state index in [-0.39, 0.29) is 0 Å². The van der Waals surface area contributed by atoms with Crippen LogP contribution in [0, 0.1) is 32.1 Å². The number of furan rings is 1. The van der Waals surface area contributed by atoms with Crippen LogP contribution in [0.1, 0.15) is 28.3 Å². The third-order valence-electron chi connectivity index (χ3n) is 4.67. The first-order valence-corrected chi connectivity index (χ1v) is 10.7. The van der Waals surface area contributed by atoms with E-state index in [0.29, 0.717) is 17.2 Å². The predicted octanol–water partition coefficient (Wildman–Crippen LogP) is 7.06. The summed E-state index contributed by atoms with van der Waals surface area (Å²) in [5, 5.41) is 10.4. The molecule has 4 nitrogen and oxygen atoms in total. The standard InChI is InChI=1S/C23H18BrN3OS/c1-13-4-6-18(7-5-13)29-23-19(24)11-17(28-23)10-16(12-25)22-26-20-8-14(2)15(3)9-21(20)27-22/h4-11H,1-3H3,(H,26,27)/b16-10-. The number of H-pyrrole nitrogens is 1. The molecule has 0 aliphatic rings. The minimum atomic E-state index is 0.421. The quantitative estimate of drug-likeness (QED) is 0.329. The number of hydrogen-bond donors (Lipinski definition) is 1. The Kier molecular flexibility index (Phi) is 5.35. The molecule has 0 bridgehead atoms. The molecule has 1 N–H and O–H groups in total. The van der Waals surface area contributed by atoms with Gasteiger partial charge in [-0.25, -0.2) is 4.98 Å². The third-order valence-corrected chi connectivity index (χ3v) is 6.51. The van der Waals surface area contributed by atoms with E-state index in [1.54, 1.807) is 6.08 Å². The number of aryl methyl sites for hydroxylation is 3. The molecule has 2 aromatic heterocycles. The van der Waals surface area contributed by atoms with Gasteiger partial charge in [0.2, 0.25) is 0 Å². The lowest BCUT2D eigenvalue weighted by atomic mass is 10.1. The first-order valence-electron chi connectivity index (χ1n) is 9.06. The summed E-state index contributed by atoms with van der Waals surface area (Å²) < 4.78 is 6.81. The summed E-state index contributed by atoms with van der Waals surface area (Å²) in [7, 11) is 0. The molecule has 0 aliphatic heterocycles. The van der Waals surface area contributed by atoms with Gasteiger partial charge in [0, 0.05) is 11.0 Å². The number of nitriles is 1. The van der Waals surface area contributed by atoms with E-state index >= 15 is 0 Å². The van der Waals surface area contributed by atoms with Crippen LogP contribution in [-0.2, 0) is 0 Å². The zero-order chi connectivity index (χ0) is 20.5.